The van der Waals surface area contributed by atoms with Gasteiger partial charge in [-0.3, -0.25) is 9.59 Å². The van der Waals surface area contributed by atoms with E-state index in [1.165, 1.54) is 31.4 Å². The van der Waals surface area contributed by atoms with Crippen molar-refractivity contribution >= 4 is 23.2 Å². The van der Waals surface area contributed by atoms with Crippen LogP contribution in [0, 0.1) is 5.82 Å². The number of hydrogen-bond acceptors (Lipinski definition) is 3. The Balaban J connectivity index is 1.68. The quantitative estimate of drug-likeness (QED) is 0.708. The average Bonchev–Trinajstić information content (AvgIpc) is 2.70. The number of methoxy groups -OCH3 is 1. The second-order valence-electron chi connectivity index (χ2n) is 5.69. The lowest BCUT2D eigenvalue weighted by Crippen LogP contribution is -2.14. The topological polar surface area (TPSA) is 67.4 Å². The fourth-order valence-electron chi connectivity index (χ4n) is 2.45. The number of anilines is 2. The van der Waals surface area contributed by atoms with Crippen LogP contribution in [0.4, 0.5) is 15.8 Å². The summed E-state index contributed by atoms with van der Waals surface area (Å²) in [4.78, 5) is 24.6. The van der Waals surface area contributed by atoms with E-state index in [1.54, 1.807) is 42.5 Å². The van der Waals surface area contributed by atoms with E-state index in [0.29, 0.717) is 28.3 Å². The number of nitrogens with one attached hydrogen (secondary N) is 2. The van der Waals surface area contributed by atoms with Crippen LogP contribution < -0.4 is 15.4 Å². The highest BCUT2D eigenvalue weighted by atomic mass is 19.1. The average molecular weight is 364 g/mol. The molecule has 0 aliphatic carbocycles. The maximum atomic E-state index is 12.9. The molecule has 0 atom stereocenters. The fourth-order valence-corrected chi connectivity index (χ4v) is 2.45. The largest absolute Gasteiger partial charge is 0.495 e. The van der Waals surface area contributed by atoms with E-state index in [1.807, 2.05) is 6.07 Å². The van der Waals surface area contributed by atoms with Crippen molar-refractivity contribution in [2.45, 2.75) is 0 Å². The third-order valence-electron chi connectivity index (χ3n) is 3.87. The number of para-hydroxylation sites is 2. The minimum Gasteiger partial charge on any atom is -0.495 e. The Labute approximate surface area is 155 Å². The first kappa shape index (κ1) is 18.1. The predicted molar refractivity (Wildman–Crippen MR) is 102 cm³/mol. The molecule has 2 N–H and O–H groups in total. The van der Waals surface area contributed by atoms with Gasteiger partial charge in [0.2, 0.25) is 0 Å². The first-order valence-electron chi connectivity index (χ1n) is 8.18. The summed E-state index contributed by atoms with van der Waals surface area (Å²) in [5, 5.41) is 5.44. The van der Waals surface area contributed by atoms with Crippen molar-refractivity contribution in [1.29, 1.82) is 0 Å². The first-order chi connectivity index (χ1) is 13.1. The van der Waals surface area contributed by atoms with Gasteiger partial charge >= 0.3 is 0 Å². The van der Waals surface area contributed by atoms with Gasteiger partial charge in [-0.15, -0.1) is 0 Å². The molecule has 6 heteroatoms. The number of halogens is 1. The van der Waals surface area contributed by atoms with Crippen molar-refractivity contribution < 1.29 is 18.7 Å². The lowest BCUT2D eigenvalue weighted by atomic mass is 10.1. The maximum Gasteiger partial charge on any atom is 0.255 e. The second kappa shape index (κ2) is 8.14. The van der Waals surface area contributed by atoms with E-state index in [-0.39, 0.29) is 17.6 Å². The van der Waals surface area contributed by atoms with Crippen LogP contribution >= 0.6 is 0 Å². The molecule has 0 saturated heterocycles. The predicted octanol–water partition coefficient (Wildman–Crippen LogP) is 4.34. The first-order valence-corrected chi connectivity index (χ1v) is 8.18. The summed E-state index contributed by atoms with van der Waals surface area (Å²) in [6, 6.07) is 18.8. The Kier molecular flexibility index (Phi) is 5.47. The van der Waals surface area contributed by atoms with Crippen molar-refractivity contribution in [2.24, 2.45) is 0 Å². The summed E-state index contributed by atoms with van der Waals surface area (Å²) in [6.07, 6.45) is 0. The Morgan fingerprint density at radius 1 is 0.778 bits per heavy atom. The maximum absolute atomic E-state index is 12.9. The van der Waals surface area contributed by atoms with Gasteiger partial charge in [-0.2, -0.15) is 0 Å². The third kappa shape index (κ3) is 4.49. The van der Waals surface area contributed by atoms with Gasteiger partial charge in [-0.05, 0) is 60.7 Å². The molecule has 0 heterocycles. The zero-order valence-corrected chi connectivity index (χ0v) is 14.5. The van der Waals surface area contributed by atoms with Crippen LogP contribution in [0.2, 0.25) is 0 Å². The normalized spacial score (nSPS) is 10.1. The zero-order valence-electron chi connectivity index (χ0n) is 14.5. The van der Waals surface area contributed by atoms with Crippen molar-refractivity contribution in [2.75, 3.05) is 17.7 Å². The van der Waals surface area contributed by atoms with Crippen molar-refractivity contribution in [3.05, 3.63) is 89.7 Å². The zero-order chi connectivity index (χ0) is 19.2. The van der Waals surface area contributed by atoms with Crippen LogP contribution in [0.1, 0.15) is 20.7 Å². The minimum atomic E-state index is -0.376. The number of ether oxygens (including phenoxy) is 1. The molecule has 5 nitrogen and oxygen atoms in total. The SMILES string of the molecule is COc1ccccc1NC(=O)c1ccc(C(=O)Nc2ccc(F)cc2)cc1. The number of carbonyl (C=O) groups excluding carboxylic acids is 2. The molecule has 0 aliphatic heterocycles. The van der Waals surface area contributed by atoms with Gasteiger partial charge in [0.05, 0.1) is 12.8 Å². The van der Waals surface area contributed by atoms with E-state index in [4.69, 9.17) is 4.74 Å². The summed E-state index contributed by atoms with van der Waals surface area (Å²) in [7, 11) is 1.53. The van der Waals surface area contributed by atoms with Gasteiger partial charge in [0, 0.05) is 16.8 Å². The number of rotatable bonds is 5. The van der Waals surface area contributed by atoms with Crippen LogP contribution in [0.5, 0.6) is 5.75 Å². The van der Waals surface area contributed by atoms with Gasteiger partial charge < -0.3 is 15.4 Å². The molecule has 2 amide bonds. The van der Waals surface area contributed by atoms with Gasteiger partial charge in [0.15, 0.2) is 0 Å². The highest BCUT2D eigenvalue weighted by Crippen LogP contribution is 2.23. The van der Waals surface area contributed by atoms with Crippen molar-refractivity contribution in [1.82, 2.24) is 0 Å². The van der Waals surface area contributed by atoms with Gasteiger partial charge in [0.1, 0.15) is 11.6 Å². The van der Waals surface area contributed by atoms with Crippen LogP contribution in [0.3, 0.4) is 0 Å². The molecule has 3 rings (SSSR count). The lowest BCUT2D eigenvalue weighted by molar-refractivity contribution is 0.101. The number of carbonyl (C=O) groups is 2. The summed E-state index contributed by atoms with van der Waals surface area (Å²) in [5.41, 5.74) is 1.83. The highest BCUT2D eigenvalue weighted by molar-refractivity contribution is 6.07. The van der Waals surface area contributed by atoms with Crippen molar-refractivity contribution in [3.8, 4) is 5.75 Å². The number of benzene rings is 3. The van der Waals surface area contributed by atoms with Crippen LogP contribution in [0.25, 0.3) is 0 Å². The molecule has 0 radical (unpaired) electrons. The monoisotopic (exact) mass is 364 g/mol. The Hall–Kier alpha value is -3.67. The molecule has 0 spiro atoms. The van der Waals surface area contributed by atoms with E-state index in [9.17, 15) is 14.0 Å². The van der Waals surface area contributed by atoms with E-state index < -0.39 is 0 Å². The van der Waals surface area contributed by atoms with E-state index >= 15 is 0 Å². The molecule has 0 fully saturated rings. The molecule has 27 heavy (non-hydrogen) atoms. The molecular formula is C21H17FN2O3. The Morgan fingerprint density at radius 3 is 1.93 bits per heavy atom. The Morgan fingerprint density at radius 2 is 1.33 bits per heavy atom. The third-order valence-corrected chi connectivity index (χ3v) is 3.87. The molecule has 136 valence electrons. The summed E-state index contributed by atoms with van der Waals surface area (Å²) >= 11 is 0. The second-order valence-corrected chi connectivity index (χ2v) is 5.69. The van der Waals surface area contributed by atoms with Crippen molar-refractivity contribution in [3.63, 3.8) is 0 Å². The molecule has 0 saturated carbocycles. The van der Waals surface area contributed by atoms with Crippen LogP contribution in [-0.4, -0.2) is 18.9 Å². The molecule has 3 aromatic rings. The van der Waals surface area contributed by atoms with E-state index in [2.05, 4.69) is 10.6 Å². The van der Waals surface area contributed by atoms with Gasteiger partial charge in [-0.25, -0.2) is 4.39 Å². The van der Waals surface area contributed by atoms with Crippen LogP contribution in [-0.2, 0) is 0 Å². The number of amides is 2. The molecule has 0 bridgehead atoms. The minimum absolute atomic E-state index is 0.315. The van der Waals surface area contributed by atoms with Gasteiger partial charge in [-0.1, -0.05) is 12.1 Å². The summed E-state index contributed by atoms with van der Waals surface area (Å²) in [6.45, 7) is 0. The fraction of sp³-hybridized carbons (Fsp3) is 0.0476. The summed E-state index contributed by atoms with van der Waals surface area (Å²) in [5.74, 6) is -0.483. The molecule has 0 aliphatic rings. The number of hydrogen-bond donors (Lipinski definition) is 2. The summed E-state index contributed by atoms with van der Waals surface area (Å²) < 4.78 is 18.1. The molecule has 3 aromatic carbocycles. The molecular weight excluding hydrogens is 347 g/mol. The Bertz CT molecular complexity index is 954. The smallest absolute Gasteiger partial charge is 0.255 e. The van der Waals surface area contributed by atoms with Gasteiger partial charge in [0.25, 0.3) is 11.8 Å². The molecule has 0 unspecified atom stereocenters. The molecule has 0 aromatic heterocycles. The highest BCUT2D eigenvalue weighted by Gasteiger charge is 2.11. The lowest BCUT2D eigenvalue weighted by Gasteiger charge is -2.10. The standard InChI is InChI=1S/C21H17FN2O3/c1-27-19-5-3-2-4-18(19)24-21(26)15-8-6-14(7-9-15)20(25)23-17-12-10-16(22)11-13-17/h2-13H,1H3,(H,23,25)(H,24,26). The van der Waals surface area contributed by atoms with Crippen LogP contribution in [0.15, 0.2) is 72.8 Å². The van der Waals surface area contributed by atoms with E-state index in [0.717, 1.165) is 0 Å².